The van der Waals surface area contributed by atoms with Gasteiger partial charge < -0.3 is 10.2 Å². The standard InChI is InChI=1S/C22H26ClN3O4S/c1-25(2)22(28)17-8-7-9-18(14-17)24-21(27)16-10-11-19(23)20(15-16)31(29,30)26-12-5-3-4-6-13-26/h7-11,14-15H,3-6,12-13H2,1-2H3,(H,24,27). The summed E-state index contributed by atoms with van der Waals surface area (Å²) >= 11 is 6.21. The van der Waals surface area contributed by atoms with E-state index in [1.807, 2.05) is 0 Å². The van der Waals surface area contributed by atoms with Crippen LogP contribution in [0, 0.1) is 0 Å². The van der Waals surface area contributed by atoms with E-state index in [4.69, 9.17) is 11.6 Å². The Balaban J connectivity index is 1.85. The Bertz CT molecular complexity index is 1080. The molecular weight excluding hydrogens is 438 g/mol. The second-order valence-electron chi connectivity index (χ2n) is 7.70. The lowest BCUT2D eigenvalue weighted by Crippen LogP contribution is -2.32. The van der Waals surface area contributed by atoms with Crippen LogP contribution in [0.25, 0.3) is 0 Å². The van der Waals surface area contributed by atoms with E-state index in [2.05, 4.69) is 5.32 Å². The minimum absolute atomic E-state index is 0.0692. The average molecular weight is 464 g/mol. The Labute approximate surface area is 188 Å². The van der Waals surface area contributed by atoms with Gasteiger partial charge in [-0.3, -0.25) is 9.59 Å². The molecule has 0 aromatic heterocycles. The second kappa shape index (κ2) is 9.80. The number of halogens is 1. The van der Waals surface area contributed by atoms with Crippen molar-refractivity contribution < 1.29 is 18.0 Å². The largest absolute Gasteiger partial charge is 0.345 e. The van der Waals surface area contributed by atoms with E-state index in [1.165, 1.54) is 27.4 Å². The molecule has 7 nitrogen and oxygen atoms in total. The molecule has 2 amide bonds. The summed E-state index contributed by atoms with van der Waals surface area (Å²) in [4.78, 5) is 26.3. The van der Waals surface area contributed by atoms with Gasteiger partial charge in [0.15, 0.2) is 0 Å². The van der Waals surface area contributed by atoms with E-state index in [9.17, 15) is 18.0 Å². The van der Waals surface area contributed by atoms with Crippen LogP contribution in [0.15, 0.2) is 47.4 Å². The van der Waals surface area contributed by atoms with Crippen LogP contribution >= 0.6 is 11.6 Å². The number of carbonyl (C=O) groups is 2. The molecule has 166 valence electrons. The lowest BCUT2D eigenvalue weighted by Gasteiger charge is -2.21. The van der Waals surface area contributed by atoms with Crippen molar-refractivity contribution in [2.75, 3.05) is 32.5 Å². The molecule has 2 aromatic rings. The lowest BCUT2D eigenvalue weighted by atomic mass is 10.1. The lowest BCUT2D eigenvalue weighted by molar-refractivity contribution is 0.0827. The molecule has 1 saturated heterocycles. The van der Waals surface area contributed by atoms with Crippen molar-refractivity contribution in [3.63, 3.8) is 0 Å². The highest BCUT2D eigenvalue weighted by Crippen LogP contribution is 2.28. The van der Waals surface area contributed by atoms with Crippen molar-refractivity contribution in [1.82, 2.24) is 9.21 Å². The van der Waals surface area contributed by atoms with Crippen LogP contribution < -0.4 is 5.32 Å². The van der Waals surface area contributed by atoms with Gasteiger partial charge in [0.25, 0.3) is 11.8 Å². The van der Waals surface area contributed by atoms with E-state index < -0.39 is 15.9 Å². The molecule has 1 fully saturated rings. The minimum Gasteiger partial charge on any atom is -0.345 e. The van der Waals surface area contributed by atoms with Gasteiger partial charge in [-0.25, -0.2) is 8.42 Å². The fourth-order valence-corrected chi connectivity index (χ4v) is 5.47. The molecule has 0 unspecified atom stereocenters. The molecule has 1 heterocycles. The molecule has 0 atom stereocenters. The third kappa shape index (κ3) is 5.44. The molecule has 3 rings (SSSR count). The molecular formula is C22H26ClN3O4S. The Morgan fingerprint density at radius 1 is 0.968 bits per heavy atom. The van der Waals surface area contributed by atoms with E-state index in [0.717, 1.165) is 25.7 Å². The highest BCUT2D eigenvalue weighted by molar-refractivity contribution is 7.89. The van der Waals surface area contributed by atoms with E-state index in [0.29, 0.717) is 24.3 Å². The molecule has 2 aromatic carbocycles. The van der Waals surface area contributed by atoms with Crippen molar-refractivity contribution in [1.29, 1.82) is 0 Å². The topological polar surface area (TPSA) is 86.8 Å². The Morgan fingerprint density at radius 3 is 2.29 bits per heavy atom. The van der Waals surface area contributed by atoms with Crippen molar-refractivity contribution in [3.05, 3.63) is 58.6 Å². The van der Waals surface area contributed by atoms with Gasteiger partial charge in [0.1, 0.15) is 4.90 Å². The number of hydrogen-bond acceptors (Lipinski definition) is 4. The number of nitrogens with zero attached hydrogens (tertiary/aromatic N) is 2. The molecule has 0 bridgehead atoms. The molecule has 0 aliphatic carbocycles. The van der Waals surface area contributed by atoms with Crippen LogP contribution in [-0.2, 0) is 10.0 Å². The van der Waals surface area contributed by atoms with Gasteiger partial charge in [-0.05, 0) is 49.2 Å². The molecule has 1 aliphatic rings. The first kappa shape index (κ1) is 23.2. The Hall–Kier alpha value is -2.42. The summed E-state index contributed by atoms with van der Waals surface area (Å²) in [6.07, 6.45) is 3.60. The number of nitrogens with one attached hydrogen (secondary N) is 1. The first-order chi connectivity index (χ1) is 14.7. The van der Waals surface area contributed by atoms with E-state index >= 15 is 0 Å². The second-order valence-corrected chi connectivity index (χ2v) is 10.0. The highest BCUT2D eigenvalue weighted by atomic mass is 35.5. The third-order valence-electron chi connectivity index (χ3n) is 5.15. The van der Waals surface area contributed by atoms with Gasteiger partial charge in [-0.2, -0.15) is 4.31 Å². The zero-order chi connectivity index (χ0) is 22.6. The predicted molar refractivity (Wildman–Crippen MR) is 121 cm³/mol. The fraction of sp³-hybridized carbons (Fsp3) is 0.364. The molecule has 31 heavy (non-hydrogen) atoms. The number of hydrogen-bond donors (Lipinski definition) is 1. The summed E-state index contributed by atoms with van der Waals surface area (Å²) in [5.74, 6) is -0.674. The average Bonchev–Trinajstić information content (AvgIpc) is 3.03. The number of benzene rings is 2. The molecule has 0 spiro atoms. The van der Waals surface area contributed by atoms with Crippen LogP contribution in [0.3, 0.4) is 0 Å². The van der Waals surface area contributed by atoms with Crippen molar-refractivity contribution in [2.24, 2.45) is 0 Å². The Kier molecular flexibility index (Phi) is 7.35. The normalized spacial score (nSPS) is 15.2. The van der Waals surface area contributed by atoms with Gasteiger partial charge in [0, 0.05) is 44.0 Å². The van der Waals surface area contributed by atoms with Crippen LogP contribution in [0.4, 0.5) is 5.69 Å². The number of carbonyl (C=O) groups excluding carboxylic acids is 2. The third-order valence-corrected chi connectivity index (χ3v) is 7.53. The van der Waals surface area contributed by atoms with Crippen LogP contribution in [-0.4, -0.2) is 56.6 Å². The van der Waals surface area contributed by atoms with Crippen molar-refractivity contribution >= 4 is 39.1 Å². The van der Waals surface area contributed by atoms with Crippen molar-refractivity contribution in [3.8, 4) is 0 Å². The van der Waals surface area contributed by atoms with Crippen molar-refractivity contribution in [2.45, 2.75) is 30.6 Å². The molecule has 0 radical (unpaired) electrons. The summed E-state index contributed by atoms with van der Waals surface area (Å²) in [6, 6.07) is 10.8. The van der Waals surface area contributed by atoms with Gasteiger partial charge >= 0.3 is 0 Å². The van der Waals surface area contributed by atoms with Crippen LogP contribution in [0.5, 0.6) is 0 Å². The summed E-state index contributed by atoms with van der Waals surface area (Å²) < 4.78 is 27.7. The highest BCUT2D eigenvalue weighted by Gasteiger charge is 2.28. The van der Waals surface area contributed by atoms with Crippen LogP contribution in [0.1, 0.15) is 46.4 Å². The molecule has 1 N–H and O–H groups in total. The number of anilines is 1. The van der Waals surface area contributed by atoms with Gasteiger partial charge in [-0.15, -0.1) is 0 Å². The predicted octanol–water partition coefficient (Wildman–Crippen LogP) is 3.86. The number of rotatable bonds is 5. The quantitative estimate of drug-likeness (QED) is 0.729. The molecule has 0 saturated carbocycles. The SMILES string of the molecule is CN(C)C(=O)c1cccc(NC(=O)c2ccc(Cl)c(S(=O)(=O)N3CCCCCC3)c2)c1. The summed E-state index contributed by atoms with van der Waals surface area (Å²) in [7, 11) is -0.508. The maximum absolute atomic E-state index is 13.1. The van der Waals surface area contributed by atoms with Gasteiger partial charge in [0.2, 0.25) is 10.0 Å². The maximum atomic E-state index is 13.1. The zero-order valence-corrected chi connectivity index (χ0v) is 19.2. The minimum atomic E-state index is -3.80. The Morgan fingerprint density at radius 2 is 1.65 bits per heavy atom. The summed E-state index contributed by atoms with van der Waals surface area (Å²) in [6.45, 7) is 0.892. The smallest absolute Gasteiger partial charge is 0.255 e. The first-order valence-corrected chi connectivity index (χ1v) is 11.9. The summed E-state index contributed by atoms with van der Waals surface area (Å²) in [5.41, 5.74) is 1.04. The fourth-order valence-electron chi connectivity index (χ4n) is 3.45. The number of sulfonamides is 1. The maximum Gasteiger partial charge on any atom is 0.255 e. The van der Waals surface area contributed by atoms with E-state index in [-0.39, 0.29) is 21.4 Å². The van der Waals surface area contributed by atoms with Crippen LogP contribution in [0.2, 0.25) is 5.02 Å². The zero-order valence-electron chi connectivity index (χ0n) is 17.6. The van der Waals surface area contributed by atoms with Gasteiger partial charge in [-0.1, -0.05) is 30.5 Å². The molecule has 9 heteroatoms. The summed E-state index contributed by atoms with van der Waals surface area (Å²) in [5, 5.41) is 2.80. The van der Waals surface area contributed by atoms with Gasteiger partial charge in [0.05, 0.1) is 5.02 Å². The first-order valence-electron chi connectivity index (χ1n) is 10.1. The van der Waals surface area contributed by atoms with E-state index in [1.54, 1.807) is 38.4 Å². The monoisotopic (exact) mass is 463 g/mol. The molecule has 1 aliphatic heterocycles. The number of amides is 2.